The lowest BCUT2D eigenvalue weighted by molar-refractivity contribution is 0.00992. The van der Waals surface area contributed by atoms with Crippen LogP contribution in [0.5, 0.6) is 0 Å². The maximum atomic E-state index is 12.4. The Hall–Kier alpha value is -1.49. The van der Waals surface area contributed by atoms with E-state index in [1.54, 1.807) is 0 Å². The van der Waals surface area contributed by atoms with Crippen molar-refractivity contribution in [1.29, 1.82) is 0 Å². The van der Waals surface area contributed by atoms with Crippen LogP contribution in [0.4, 0.5) is 4.79 Å². The minimum absolute atomic E-state index is 0.180. The fourth-order valence-corrected chi connectivity index (χ4v) is 3.06. The Morgan fingerprint density at radius 2 is 2.17 bits per heavy atom. The fourth-order valence-electron chi connectivity index (χ4n) is 3.06. The third-order valence-electron chi connectivity index (χ3n) is 4.21. The third-order valence-corrected chi connectivity index (χ3v) is 4.21. The second-order valence-electron chi connectivity index (χ2n) is 7.24. The normalized spacial score (nSPS) is 19.0. The molecule has 1 aromatic rings. The minimum atomic E-state index is -0.436. The number of hydrogen-bond acceptors (Lipinski definition) is 3. The van der Waals surface area contributed by atoms with Crippen molar-refractivity contribution >= 4 is 6.09 Å². The molecule has 1 aliphatic rings. The van der Waals surface area contributed by atoms with E-state index in [0.717, 1.165) is 39.0 Å². The number of aromatic nitrogens is 1. The summed E-state index contributed by atoms with van der Waals surface area (Å²) in [6.45, 7) is 11.3. The number of likely N-dealkylation sites (tertiary alicyclic amines) is 1. The fraction of sp³-hybridized carbons (Fsp3) is 0.722. The van der Waals surface area contributed by atoms with Crippen LogP contribution in [-0.4, -0.2) is 40.3 Å². The number of nitrogens with zero attached hydrogens (tertiary/aromatic N) is 2. The standard InChI is InChI=1S/C18H31N3O2/c1-5-20-11-8-10-15(20)13-19-14-16-9-6-7-12-21(16)17(22)23-18(2,3)4/h8,10-11,16,19H,5-7,9,12-14H2,1-4H3. The molecule has 0 aliphatic carbocycles. The summed E-state index contributed by atoms with van der Waals surface area (Å²) in [6, 6.07) is 4.44. The number of rotatable bonds is 5. The predicted octanol–water partition coefficient (Wildman–Crippen LogP) is 3.39. The van der Waals surface area contributed by atoms with Crippen molar-refractivity contribution in [2.75, 3.05) is 13.1 Å². The Bertz CT molecular complexity index is 505. The van der Waals surface area contributed by atoms with Gasteiger partial charge in [-0.05, 0) is 59.1 Å². The monoisotopic (exact) mass is 321 g/mol. The maximum Gasteiger partial charge on any atom is 0.410 e. The van der Waals surface area contributed by atoms with Crippen LogP contribution in [-0.2, 0) is 17.8 Å². The number of nitrogens with one attached hydrogen (secondary N) is 1. The van der Waals surface area contributed by atoms with Gasteiger partial charge in [0.15, 0.2) is 0 Å². The molecule has 130 valence electrons. The van der Waals surface area contributed by atoms with Gasteiger partial charge in [0, 0.05) is 44.1 Å². The molecule has 2 rings (SSSR count). The van der Waals surface area contributed by atoms with Crippen LogP contribution in [0.3, 0.4) is 0 Å². The highest BCUT2D eigenvalue weighted by molar-refractivity contribution is 5.68. The van der Waals surface area contributed by atoms with Gasteiger partial charge in [0.25, 0.3) is 0 Å². The minimum Gasteiger partial charge on any atom is -0.444 e. The SMILES string of the molecule is CCn1cccc1CNCC1CCCCN1C(=O)OC(C)(C)C. The van der Waals surface area contributed by atoms with Crippen LogP contribution >= 0.6 is 0 Å². The Kier molecular flexibility index (Phi) is 6.10. The van der Waals surface area contributed by atoms with E-state index >= 15 is 0 Å². The highest BCUT2D eigenvalue weighted by Gasteiger charge is 2.30. The number of piperidine rings is 1. The van der Waals surface area contributed by atoms with Crippen molar-refractivity contribution in [3.63, 3.8) is 0 Å². The van der Waals surface area contributed by atoms with Gasteiger partial charge in [0.1, 0.15) is 5.60 Å². The van der Waals surface area contributed by atoms with Crippen molar-refractivity contribution in [2.45, 2.75) is 71.7 Å². The molecule has 5 heteroatoms. The van der Waals surface area contributed by atoms with Crippen molar-refractivity contribution in [3.8, 4) is 0 Å². The van der Waals surface area contributed by atoms with Crippen LogP contribution in [0.1, 0.15) is 52.7 Å². The van der Waals surface area contributed by atoms with Crippen LogP contribution in [0.25, 0.3) is 0 Å². The van der Waals surface area contributed by atoms with Gasteiger partial charge in [0.05, 0.1) is 0 Å². The molecule has 0 radical (unpaired) electrons. The number of aryl methyl sites for hydroxylation is 1. The number of carbonyl (C=O) groups excluding carboxylic acids is 1. The lowest BCUT2D eigenvalue weighted by Gasteiger charge is -2.37. The molecule has 1 aromatic heterocycles. The van der Waals surface area contributed by atoms with E-state index in [2.05, 4.69) is 35.1 Å². The summed E-state index contributed by atoms with van der Waals surface area (Å²) in [6.07, 6.45) is 5.21. The predicted molar refractivity (Wildman–Crippen MR) is 92.4 cm³/mol. The summed E-state index contributed by atoms with van der Waals surface area (Å²) in [5.74, 6) is 0. The first-order valence-corrected chi connectivity index (χ1v) is 8.75. The summed E-state index contributed by atoms with van der Waals surface area (Å²) in [5.41, 5.74) is 0.848. The summed E-state index contributed by atoms with van der Waals surface area (Å²) < 4.78 is 7.79. The van der Waals surface area contributed by atoms with E-state index in [1.165, 1.54) is 12.1 Å². The molecule has 0 bridgehead atoms. The topological polar surface area (TPSA) is 46.5 Å². The van der Waals surface area contributed by atoms with E-state index in [9.17, 15) is 4.79 Å². The molecule has 1 N–H and O–H groups in total. The molecule has 1 aliphatic heterocycles. The van der Waals surface area contributed by atoms with E-state index in [0.29, 0.717) is 0 Å². The van der Waals surface area contributed by atoms with Crippen molar-refractivity contribution < 1.29 is 9.53 Å². The molecule has 2 heterocycles. The first-order valence-electron chi connectivity index (χ1n) is 8.75. The van der Waals surface area contributed by atoms with Crippen LogP contribution < -0.4 is 5.32 Å². The third kappa shape index (κ3) is 5.27. The van der Waals surface area contributed by atoms with E-state index in [1.807, 2.05) is 25.7 Å². The number of hydrogen-bond donors (Lipinski definition) is 1. The molecule has 1 atom stereocenters. The van der Waals surface area contributed by atoms with Gasteiger partial charge in [-0.3, -0.25) is 0 Å². The number of amides is 1. The summed E-state index contributed by atoms with van der Waals surface area (Å²) >= 11 is 0. The number of carbonyl (C=O) groups is 1. The van der Waals surface area contributed by atoms with Gasteiger partial charge in [-0.1, -0.05) is 0 Å². The smallest absolute Gasteiger partial charge is 0.410 e. The van der Waals surface area contributed by atoms with Gasteiger partial charge in [-0.2, -0.15) is 0 Å². The molecule has 1 saturated heterocycles. The molecule has 1 unspecified atom stereocenters. The highest BCUT2D eigenvalue weighted by Crippen LogP contribution is 2.20. The van der Waals surface area contributed by atoms with Gasteiger partial charge < -0.3 is 19.5 Å². The van der Waals surface area contributed by atoms with Crippen LogP contribution in [0.2, 0.25) is 0 Å². The maximum absolute atomic E-state index is 12.4. The van der Waals surface area contributed by atoms with Gasteiger partial charge in [-0.25, -0.2) is 4.79 Å². The lowest BCUT2D eigenvalue weighted by atomic mass is 10.0. The van der Waals surface area contributed by atoms with Crippen LogP contribution in [0.15, 0.2) is 18.3 Å². The second kappa shape index (κ2) is 7.86. The van der Waals surface area contributed by atoms with Crippen molar-refractivity contribution in [3.05, 3.63) is 24.0 Å². The lowest BCUT2D eigenvalue weighted by Crippen LogP contribution is -2.50. The molecule has 0 spiro atoms. The Morgan fingerprint density at radius 1 is 1.39 bits per heavy atom. The van der Waals surface area contributed by atoms with E-state index in [-0.39, 0.29) is 12.1 Å². The van der Waals surface area contributed by atoms with Gasteiger partial charge >= 0.3 is 6.09 Å². The molecule has 0 aromatic carbocycles. The zero-order valence-corrected chi connectivity index (χ0v) is 15.0. The average Bonchev–Trinajstić information content (AvgIpc) is 2.93. The molecular formula is C18H31N3O2. The molecule has 5 nitrogen and oxygen atoms in total. The summed E-state index contributed by atoms with van der Waals surface area (Å²) in [5, 5.41) is 3.51. The van der Waals surface area contributed by atoms with E-state index in [4.69, 9.17) is 4.74 Å². The van der Waals surface area contributed by atoms with Gasteiger partial charge in [-0.15, -0.1) is 0 Å². The van der Waals surface area contributed by atoms with Crippen molar-refractivity contribution in [1.82, 2.24) is 14.8 Å². The quantitative estimate of drug-likeness (QED) is 0.904. The molecule has 0 saturated carbocycles. The molecule has 23 heavy (non-hydrogen) atoms. The van der Waals surface area contributed by atoms with E-state index < -0.39 is 5.60 Å². The largest absolute Gasteiger partial charge is 0.444 e. The first-order chi connectivity index (χ1) is 10.9. The first kappa shape index (κ1) is 17.9. The zero-order chi connectivity index (χ0) is 16.9. The van der Waals surface area contributed by atoms with Crippen molar-refractivity contribution in [2.24, 2.45) is 0 Å². The Labute approximate surface area is 140 Å². The molecule has 1 fully saturated rings. The Morgan fingerprint density at radius 3 is 2.87 bits per heavy atom. The second-order valence-corrected chi connectivity index (χ2v) is 7.24. The number of ether oxygens (including phenoxy) is 1. The molecule has 1 amide bonds. The molecular weight excluding hydrogens is 290 g/mol. The summed E-state index contributed by atoms with van der Waals surface area (Å²) in [7, 11) is 0. The van der Waals surface area contributed by atoms with Crippen LogP contribution in [0, 0.1) is 0 Å². The summed E-state index contributed by atoms with van der Waals surface area (Å²) in [4.78, 5) is 14.3. The highest BCUT2D eigenvalue weighted by atomic mass is 16.6. The average molecular weight is 321 g/mol. The van der Waals surface area contributed by atoms with Gasteiger partial charge in [0.2, 0.25) is 0 Å². The zero-order valence-electron chi connectivity index (χ0n) is 15.0. The Balaban J connectivity index is 1.87.